The summed E-state index contributed by atoms with van der Waals surface area (Å²) in [7, 11) is 0. The van der Waals surface area contributed by atoms with Crippen LogP contribution in [0, 0.1) is 0 Å². The topological polar surface area (TPSA) is 93.8 Å². The Bertz CT molecular complexity index is 782. The van der Waals surface area contributed by atoms with E-state index in [1.807, 2.05) is 0 Å². The van der Waals surface area contributed by atoms with Gasteiger partial charge in [-0.2, -0.15) is 0 Å². The summed E-state index contributed by atoms with van der Waals surface area (Å²) in [6, 6.07) is 6.91. The van der Waals surface area contributed by atoms with Crippen LogP contribution in [0.2, 0.25) is 0 Å². The zero-order valence-corrected chi connectivity index (χ0v) is 10.4. The van der Waals surface area contributed by atoms with Crippen LogP contribution in [-0.4, -0.2) is 20.9 Å². The summed E-state index contributed by atoms with van der Waals surface area (Å²) in [5, 5.41) is 2.75. The van der Waals surface area contributed by atoms with E-state index >= 15 is 0 Å². The second-order valence-corrected chi connectivity index (χ2v) is 4.15. The van der Waals surface area contributed by atoms with E-state index in [0.29, 0.717) is 28.0 Å². The number of nitrogen functional groups attached to an aromatic ring is 1. The maximum atomic E-state index is 12.3. The maximum absolute atomic E-state index is 12.3. The second-order valence-electron chi connectivity index (χ2n) is 4.15. The Kier molecular flexibility index (Phi) is 2.96. The first kappa shape index (κ1) is 12.0. The molecule has 3 rings (SSSR count). The van der Waals surface area contributed by atoms with E-state index in [1.165, 1.54) is 6.20 Å². The lowest BCUT2D eigenvalue weighted by molar-refractivity contribution is 0.102. The molecular formula is C14H11N5O. The predicted molar refractivity (Wildman–Crippen MR) is 76.1 cm³/mol. The van der Waals surface area contributed by atoms with Crippen LogP contribution in [0.25, 0.3) is 11.0 Å². The van der Waals surface area contributed by atoms with Gasteiger partial charge in [-0.15, -0.1) is 0 Å². The SMILES string of the molecule is Nc1cnccc1NC(=O)c1cccc2nccnc12. The number of nitrogens with two attached hydrogens (primary N) is 1. The van der Waals surface area contributed by atoms with E-state index in [-0.39, 0.29) is 5.91 Å². The molecule has 0 unspecified atom stereocenters. The van der Waals surface area contributed by atoms with Crippen molar-refractivity contribution in [1.82, 2.24) is 15.0 Å². The summed E-state index contributed by atoms with van der Waals surface area (Å²) < 4.78 is 0. The van der Waals surface area contributed by atoms with Crippen molar-refractivity contribution < 1.29 is 4.79 Å². The van der Waals surface area contributed by atoms with E-state index in [2.05, 4.69) is 20.3 Å². The van der Waals surface area contributed by atoms with Crippen molar-refractivity contribution in [2.24, 2.45) is 0 Å². The standard InChI is InChI=1S/C14H11N5O/c15-10-8-16-5-4-11(10)19-14(20)9-2-1-3-12-13(9)18-7-6-17-12/h1-8H,15H2,(H,16,19,20). The monoisotopic (exact) mass is 265 g/mol. The number of pyridine rings is 1. The van der Waals surface area contributed by atoms with Gasteiger partial charge in [0.15, 0.2) is 0 Å². The van der Waals surface area contributed by atoms with Crippen LogP contribution in [-0.2, 0) is 0 Å². The normalized spacial score (nSPS) is 10.4. The summed E-state index contributed by atoms with van der Waals surface area (Å²) in [5.74, 6) is -0.283. The van der Waals surface area contributed by atoms with Crippen LogP contribution in [0.4, 0.5) is 11.4 Å². The lowest BCUT2D eigenvalue weighted by Crippen LogP contribution is -2.14. The Morgan fingerprint density at radius 1 is 1.10 bits per heavy atom. The van der Waals surface area contributed by atoms with E-state index in [9.17, 15) is 4.79 Å². The number of amides is 1. The van der Waals surface area contributed by atoms with Gasteiger partial charge < -0.3 is 11.1 Å². The number of fused-ring (bicyclic) bond motifs is 1. The molecule has 0 atom stereocenters. The minimum atomic E-state index is -0.283. The summed E-state index contributed by atoms with van der Waals surface area (Å²) in [4.78, 5) is 24.6. The number of carbonyl (C=O) groups is 1. The number of nitrogens with zero attached hydrogens (tertiary/aromatic N) is 3. The van der Waals surface area contributed by atoms with Crippen molar-refractivity contribution in [2.45, 2.75) is 0 Å². The van der Waals surface area contributed by atoms with Crippen LogP contribution in [0.5, 0.6) is 0 Å². The van der Waals surface area contributed by atoms with E-state index in [1.54, 1.807) is 42.9 Å². The van der Waals surface area contributed by atoms with Crippen molar-refractivity contribution in [1.29, 1.82) is 0 Å². The summed E-state index contributed by atoms with van der Waals surface area (Å²) in [6.45, 7) is 0. The Morgan fingerprint density at radius 2 is 1.95 bits per heavy atom. The molecule has 3 aromatic rings. The van der Waals surface area contributed by atoms with Crippen LogP contribution < -0.4 is 11.1 Å². The molecule has 0 saturated carbocycles. The van der Waals surface area contributed by atoms with E-state index < -0.39 is 0 Å². The maximum Gasteiger partial charge on any atom is 0.257 e. The number of hydrogen-bond acceptors (Lipinski definition) is 5. The molecule has 0 fully saturated rings. The van der Waals surface area contributed by atoms with Gasteiger partial charge in [-0.25, -0.2) is 0 Å². The fourth-order valence-electron chi connectivity index (χ4n) is 1.89. The highest BCUT2D eigenvalue weighted by molar-refractivity contribution is 6.12. The largest absolute Gasteiger partial charge is 0.396 e. The van der Waals surface area contributed by atoms with Crippen molar-refractivity contribution in [3.63, 3.8) is 0 Å². The molecule has 0 aliphatic rings. The first-order chi connectivity index (χ1) is 9.75. The molecule has 6 heteroatoms. The third kappa shape index (κ3) is 2.14. The highest BCUT2D eigenvalue weighted by Gasteiger charge is 2.12. The number of anilines is 2. The first-order valence-electron chi connectivity index (χ1n) is 5.96. The minimum Gasteiger partial charge on any atom is -0.396 e. The van der Waals surface area contributed by atoms with Crippen molar-refractivity contribution >= 4 is 28.3 Å². The molecule has 20 heavy (non-hydrogen) atoms. The highest BCUT2D eigenvalue weighted by Crippen LogP contribution is 2.19. The predicted octanol–water partition coefficient (Wildman–Crippen LogP) is 1.86. The molecule has 2 aromatic heterocycles. The van der Waals surface area contributed by atoms with Gasteiger partial charge in [0, 0.05) is 18.6 Å². The fraction of sp³-hybridized carbons (Fsp3) is 0. The van der Waals surface area contributed by atoms with Crippen molar-refractivity contribution in [3.8, 4) is 0 Å². The zero-order chi connectivity index (χ0) is 13.9. The molecule has 2 heterocycles. The fourth-order valence-corrected chi connectivity index (χ4v) is 1.89. The first-order valence-corrected chi connectivity index (χ1v) is 5.96. The van der Waals surface area contributed by atoms with Gasteiger partial charge in [0.1, 0.15) is 5.52 Å². The van der Waals surface area contributed by atoms with Gasteiger partial charge >= 0.3 is 0 Å². The molecule has 6 nitrogen and oxygen atoms in total. The minimum absolute atomic E-state index is 0.283. The van der Waals surface area contributed by atoms with Gasteiger partial charge in [0.05, 0.1) is 28.7 Å². The van der Waals surface area contributed by atoms with Gasteiger partial charge in [0.2, 0.25) is 0 Å². The number of rotatable bonds is 2. The van der Waals surface area contributed by atoms with Crippen LogP contribution >= 0.6 is 0 Å². The number of aromatic nitrogens is 3. The van der Waals surface area contributed by atoms with Gasteiger partial charge in [-0.05, 0) is 18.2 Å². The quantitative estimate of drug-likeness (QED) is 0.737. The molecular weight excluding hydrogens is 254 g/mol. The van der Waals surface area contributed by atoms with Crippen LogP contribution in [0.15, 0.2) is 49.1 Å². The Hall–Kier alpha value is -3.02. The average Bonchev–Trinajstić information content (AvgIpc) is 2.49. The Labute approximate surface area is 114 Å². The molecule has 98 valence electrons. The second kappa shape index (κ2) is 4.93. The number of para-hydroxylation sites is 1. The average molecular weight is 265 g/mol. The van der Waals surface area contributed by atoms with E-state index in [0.717, 1.165) is 0 Å². The molecule has 3 N–H and O–H groups in total. The summed E-state index contributed by atoms with van der Waals surface area (Å²) in [6.07, 6.45) is 6.19. The molecule has 1 amide bonds. The number of carbonyl (C=O) groups excluding carboxylic acids is 1. The Morgan fingerprint density at radius 3 is 2.80 bits per heavy atom. The lowest BCUT2D eigenvalue weighted by atomic mass is 10.1. The molecule has 0 spiro atoms. The molecule has 0 aliphatic heterocycles. The van der Waals surface area contributed by atoms with Gasteiger partial charge in [0.25, 0.3) is 5.91 Å². The molecule has 0 bridgehead atoms. The summed E-state index contributed by atoms with van der Waals surface area (Å²) >= 11 is 0. The third-order valence-electron chi connectivity index (χ3n) is 2.84. The zero-order valence-electron chi connectivity index (χ0n) is 10.4. The van der Waals surface area contributed by atoms with Crippen molar-refractivity contribution in [3.05, 3.63) is 54.6 Å². The van der Waals surface area contributed by atoms with E-state index in [4.69, 9.17) is 5.73 Å². The molecule has 0 saturated heterocycles. The molecule has 1 aromatic carbocycles. The molecule has 0 radical (unpaired) electrons. The number of hydrogen-bond donors (Lipinski definition) is 2. The Balaban J connectivity index is 1.99. The van der Waals surface area contributed by atoms with Crippen LogP contribution in [0.3, 0.4) is 0 Å². The smallest absolute Gasteiger partial charge is 0.257 e. The van der Waals surface area contributed by atoms with Gasteiger partial charge in [-0.1, -0.05) is 6.07 Å². The highest BCUT2D eigenvalue weighted by atomic mass is 16.1. The lowest BCUT2D eigenvalue weighted by Gasteiger charge is -2.08. The number of nitrogens with one attached hydrogen (secondary N) is 1. The van der Waals surface area contributed by atoms with Crippen LogP contribution in [0.1, 0.15) is 10.4 Å². The van der Waals surface area contributed by atoms with Gasteiger partial charge in [-0.3, -0.25) is 19.7 Å². The number of benzene rings is 1. The summed E-state index contributed by atoms with van der Waals surface area (Å²) in [5.41, 5.74) is 8.36. The third-order valence-corrected chi connectivity index (χ3v) is 2.84. The van der Waals surface area contributed by atoms with Crippen molar-refractivity contribution in [2.75, 3.05) is 11.1 Å². The molecule has 0 aliphatic carbocycles.